The van der Waals surface area contributed by atoms with Gasteiger partial charge in [0.1, 0.15) is 5.39 Å². The molecule has 4 aliphatic rings. The average molecular weight is 537 g/mol. The zero-order valence-electron chi connectivity index (χ0n) is 22.1. The maximum Gasteiger partial charge on any atom is 0.278 e. The molecule has 11 heteroatoms. The van der Waals surface area contributed by atoms with E-state index in [-0.39, 0.29) is 18.1 Å². The highest BCUT2D eigenvalue weighted by atomic mass is 16.5. The lowest BCUT2D eigenvalue weighted by Crippen LogP contribution is -2.40. The summed E-state index contributed by atoms with van der Waals surface area (Å²) in [4.78, 5) is 44.2. The van der Waals surface area contributed by atoms with E-state index >= 15 is 0 Å². The Morgan fingerprint density at radius 3 is 2.85 bits per heavy atom. The molecule has 0 radical (unpaired) electrons. The lowest BCUT2D eigenvalue weighted by Gasteiger charge is -2.32. The van der Waals surface area contributed by atoms with Gasteiger partial charge in [-0.15, -0.1) is 0 Å². The number of nitrogens with zero attached hydrogens (tertiary/aromatic N) is 7. The monoisotopic (exact) mass is 536 g/mol. The number of allylic oxidation sites excluding steroid dienone is 1. The zero-order chi connectivity index (χ0) is 27.0. The lowest BCUT2D eigenvalue weighted by molar-refractivity contribution is -0.121. The molecule has 202 valence electrons. The molecule has 3 aliphatic heterocycles. The Morgan fingerprint density at radius 1 is 1.07 bits per heavy atom. The number of anilines is 3. The number of rotatable bonds is 2. The highest BCUT2D eigenvalue weighted by Crippen LogP contribution is 2.52. The van der Waals surface area contributed by atoms with Crippen LogP contribution in [0.1, 0.15) is 30.4 Å². The summed E-state index contributed by atoms with van der Waals surface area (Å²) in [7, 11) is 2.18. The van der Waals surface area contributed by atoms with E-state index in [0.29, 0.717) is 59.3 Å². The Hall–Kier alpha value is -4.51. The summed E-state index contributed by atoms with van der Waals surface area (Å²) >= 11 is 0. The molecular formula is C29H28N8O3. The molecule has 0 atom stereocenters. The first-order chi connectivity index (χ1) is 19.5. The third kappa shape index (κ3) is 3.57. The van der Waals surface area contributed by atoms with Crippen LogP contribution in [0.25, 0.3) is 16.9 Å². The molecule has 1 saturated carbocycles. The van der Waals surface area contributed by atoms with Crippen molar-refractivity contribution < 1.29 is 9.53 Å². The molecule has 1 fully saturated rings. The summed E-state index contributed by atoms with van der Waals surface area (Å²) in [6, 6.07) is 10.1. The number of carbonyl (C=O) groups is 1. The van der Waals surface area contributed by atoms with E-state index in [4.69, 9.17) is 14.7 Å². The summed E-state index contributed by atoms with van der Waals surface area (Å²) in [5, 5.41) is 3.75. The number of carbonyl (C=O) groups excluding carboxylic acids is 1. The van der Waals surface area contributed by atoms with Crippen molar-refractivity contribution in [1.29, 1.82) is 0 Å². The van der Waals surface area contributed by atoms with Crippen LogP contribution in [0.2, 0.25) is 0 Å². The molecule has 2 bridgehead atoms. The predicted octanol–water partition coefficient (Wildman–Crippen LogP) is 2.88. The molecule has 1 spiro atoms. The highest BCUT2D eigenvalue weighted by molar-refractivity contribution is 5.96. The van der Waals surface area contributed by atoms with Crippen LogP contribution in [-0.4, -0.2) is 61.9 Å². The fraction of sp³-hybridized carbons (Fsp3) is 0.345. The minimum absolute atomic E-state index is 0.0167. The van der Waals surface area contributed by atoms with Crippen LogP contribution in [0.15, 0.2) is 53.5 Å². The van der Waals surface area contributed by atoms with Gasteiger partial charge in [0.05, 0.1) is 6.54 Å². The van der Waals surface area contributed by atoms with E-state index < -0.39 is 0 Å². The molecule has 4 aromatic rings. The molecule has 1 aromatic carbocycles. The summed E-state index contributed by atoms with van der Waals surface area (Å²) < 4.78 is 8.94. The third-order valence-electron chi connectivity index (χ3n) is 8.39. The summed E-state index contributed by atoms with van der Waals surface area (Å²) in [5.74, 6) is 1.71. The van der Waals surface area contributed by atoms with E-state index in [1.54, 1.807) is 32.6 Å². The number of ether oxygens (including phenoxy) is 1. The second-order valence-corrected chi connectivity index (χ2v) is 11.2. The van der Waals surface area contributed by atoms with Gasteiger partial charge in [-0.05, 0) is 61.7 Å². The molecule has 0 saturated heterocycles. The molecule has 3 aromatic heterocycles. The Morgan fingerprint density at radius 2 is 1.98 bits per heavy atom. The van der Waals surface area contributed by atoms with Gasteiger partial charge < -0.3 is 15.0 Å². The first-order valence-electron chi connectivity index (χ1n) is 13.7. The molecule has 1 N–H and O–H groups in total. The standard InChI is InChI=1S/C29H28N8O3/c1-34-15-18-13-19(5-6-21(18)29(17-34)9-10-29)31-28-30-14-20-25(33-28)37-23-8-7-22-26(32-23)35(24(38)16-40-22)11-3-2-4-12-36(37)27(20)39/h2,4-8,13-14H,3,9-12,15-17H2,1H3,(H,30,31,33)/b4-2-. The average Bonchev–Trinajstić information content (AvgIpc) is 3.65. The summed E-state index contributed by atoms with van der Waals surface area (Å²) in [5.41, 5.74) is 4.24. The van der Waals surface area contributed by atoms with Gasteiger partial charge in [0, 0.05) is 36.9 Å². The van der Waals surface area contributed by atoms with Crippen molar-refractivity contribution in [3.8, 4) is 11.6 Å². The maximum absolute atomic E-state index is 13.5. The molecule has 11 nitrogen and oxygen atoms in total. The number of aromatic nitrogens is 5. The molecule has 6 heterocycles. The highest BCUT2D eigenvalue weighted by Gasteiger charge is 2.48. The van der Waals surface area contributed by atoms with Gasteiger partial charge in [0.15, 0.2) is 29.6 Å². The minimum atomic E-state index is -0.208. The van der Waals surface area contributed by atoms with Crippen molar-refractivity contribution in [3.63, 3.8) is 0 Å². The third-order valence-corrected chi connectivity index (χ3v) is 8.39. The van der Waals surface area contributed by atoms with Crippen LogP contribution < -0.4 is 20.5 Å². The lowest BCUT2D eigenvalue weighted by atomic mass is 9.87. The SMILES string of the molecule is CN1Cc2cc(Nc3ncc4c(=O)n5n(c4n3)-c3ccc4c(n3)N(CC/C=C\C5)C(=O)CO4)ccc2C2(CC2)C1. The number of likely N-dealkylation sites (N-methyl/N-ethyl adjacent to an activating group) is 1. The van der Waals surface area contributed by atoms with E-state index in [0.717, 1.165) is 18.8 Å². The fourth-order valence-electron chi connectivity index (χ4n) is 6.37. The van der Waals surface area contributed by atoms with Gasteiger partial charge in [-0.25, -0.2) is 19.3 Å². The van der Waals surface area contributed by atoms with E-state index in [1.807, 2.05) is 12.2 Å². The Bertz CT molecular complexity index is 1800. The van der Waals surface area contributed by atoms with Crippen LogP contribution in [0, 0.1) is 0 Å². The van der Waals surface area contributed by atoms with Crippen LogP contribution in [0.3, 0.4) is 0 Å². The van der Waals surface area contributed by atoms with Crippen LogP contribution in [0.5, 0.6) is 5.75 Å². The molecule has 1 amide bonds. The number of hydrogen-bond acceptors (Lipinski definition) is 8. The van der Waals surface area contributed by atoms with Gasteiger partial charge in [-0.2, -0.15) is 4.98 Å². The first kappa shape index (κ1) is 23.4. The van der Waals surface area contributed by atoms with Crippen LogP contribution in [-0.2, 0) is 23.3 Å². The van der Waals surface area contributed by atoms with Gasteiger partial charge >= 0.3 is 0 Å². The van der Waals surface area contributed by atoms with Gasteiger partial charge in [-0.3, -0.25) is 14.5 Å². The topological polar surface area (TPSA) is 110 Å². The number of benzene rings is 1. The van der Waals surface area contributed by atoms with Crippen LogP contribution >= 0.6 is 0 Å². The second-order valence-electron chi connectivity index (χ2n) is 11.2. The largest absolute Gasteiger partial charge is 0.480 e. The predicted molar refractivity (Wildman–Crippen MR) is 149 cm³/mol. The minimum Gasteiger partial charge on any atom is -0.480 e. The Balaban J connectivity index is 1.23. The van der Waals surface area contributed by atoms with Crippen molar-refractivity contribution >= 4 is 34.4 Å². The van der Waals surface area contributed by atoms with Crippen molar-refractivity contribution in [3.05, 3.63) is 70.2 Å². The van der Waals surface area contributed by atoms with Gasteiger partial charge in [-0.1, -0.05) is 18.2 Å². The second kappa shape index (κ2) is 8.49. The number of hydrogen-bond donors (Lipinski definition) is 1. The smallest absolute Gasteiger partial charge is 0.278 e. The first-order valence-corrected chi connectivity index (χ1v) is 13.7. The molecule has 1 aliphatic carbocycles. The van der Waals surface area contributed by atoms with Crippen molar-refractivity contribution in [2.24, 2.45) is 0 Å². The van der Waals surface area contributed by atoms with Crippen molar-refractivity contribution in [2.45, 2.75) is 37.8 Å². The number of fused-ring (bicyclic) bond motifs is 7. The van der Waals surface area contributed by atoms with Crippen molar-refractivity contribution in [1.82, 2.24) is 29.2 Å². The number of nitrogens with one attached hydrogen (secondary N) is 1. The Kier molecular flexibility index (Phi) is 4.96. The molecular weight excluding hydrogens is 508 g/mol. The van der Waals surface area contributed by atoms with E-state index in [2.05, 4.69) is 40.4 Å². The van der Waals surface area contributed by atoms with Crippen LogP contribution in [0.4, 0.5) is 17.5 Å². The van der Waals surface area contributed by atoms with Gasteiger partial charge in [0.25, 0.3) is 11.5 Å². The molecule has 8 rings (SSSR count). The molecule has 0 unspecified atom stereocenters. The number of pyridine rings is 1. The van der Waals surface area contributed by atoms with E-state index in [1.165, 1.54) is 24.0 Å². The molecule has 40 heavy (non-hydrogen) atoms. The summed E-state index contributed by atoms with van der Waals surface area (Å²) in [6.07, 6.45) is 8.60. The zero-order valence-corrected chi connectivity index (χ0v) is 22.1. The normalized spacial score (nSPS) is 19.9. The quantitative estimate of drug-likeness (QED) is 0.390. The van der Waals surface area contributed by atoms with Gasteiger partial charge in [0.2, 0.25) is 5.95 Å². The maximum atomic E-state index is 13.5. The fourth-order valence-corrected chi connectivity index (χ4v) is 6.37. The van der Waals surface area contributed by atoms with Crippen molar-refractivity contribution in [2.75, 3.05) is 37.0 Å². The number of amides is 1. The van der Waals surface area contributed by atoms with E-state index in [9.17, 15) is 9.59 Å². The summed E-state index contributed by atoms with van der Waals surface area (Å²) in [6.45, 7) is 2.83. The Labute approximate surface area is 229 Å².